The molecule has 1 unspecified atom stereocenters. The SMILES string of the molecule is CCC(CNC)c1ccc(-n2cccc2)cc1. The van der Waals surface area contributed by atoms with Crippen LogP contribution in [-0.2, 0) is 0 Å². The fourth-order valence-electron chi connectivity index (χ4n) is 2.17. The molecule has 2 rings (SSSR count). The minimum Gasteiger partial charge on any atom is -0.324 e. The first-order valence-electron chi connectivity index (χ1n) is 6.23. The van der Waals surface area contributed by atoms with E-state index in [0.29, 0.717) is 5.92 Å². The van der Waals surface area contributed by atoms with Crippen LogP contribution in [0.3, 0.4) is 0 Å². The molecule has 0 aliphatic rings. The zero-order valence-electron chi connectivity index (χ0n) is 10.6. The molecule has 17 heavy (non-hydrogen) atoms. The molecule has 1 atom stereocenters. The molecule has 2 nitrogen and oxygen atoms in total. The molecular formula is C15H20N2. The highest BCUT2D eigenvalue weighted by Crippen LogP contribution is 2.20. The van der Waals surface area contributed by atoms with Gasteiger partial charge in [-0.25, -0.2) is 0 Å². The molecule has 1 heterocycles. The molecular weight excluding hydrogens is 208 g/mol. The van der Waals surface area contributed by atoms with Crippen LogP contribution in [0.1, 0.15) is 24.8 Å². The number of nitrogens with one attached hydrogen (secondary N) is 1. The van der Waals surface area contributed by atoms with Crippen LogP contribution in [0.2, 0.25) is 0 Å². The molecule has 0 aliphatic carbocycles. The monoisotopic (exact) mass is 228 g/mol. The number of likely N-dealkylation sites (N-methyl/N-ethyl adjacent to an activating group) is 1. The molecule has 0 saturated heterocycles. The average molecular weight is 228 g/mol. The van der Waals surface area contributed by atoms with E-state index in [2.05, 4.69) is 53.5 Å². The molecule has 0 bridgehead atoms. The van der Waals surface area contributed by atoms with Crippen LogP contribution in [-0.4, -0.2) is 18.2 Å². The summed E-state index contributed by atoms with van der Waals surface area (Å²) in [5.41, 5.74) is 2.64. The van der Waals surface area contributed by atoms with Crippen LogP contribution >= 0.6 is 0 Å². The molecule has 0 aliphatic heterocycles. The molecule has 0 spiro atoms. The standard InChI is InChI=1S/C15H20N2/c1-3-13(12-16-2)14-6-8-15(9-7-14)17-10-4-5-11-17/h4-11,13,16H,3,12H2,1-2H3. The van der Waals surface area contributed by atoms with Gasteiger partial charge >= 0.3 is 0 Å². The molecule has 0 fully saturated rings. The first-order valence-corrected chi connectivity index (χ1v) is 6.23. The normalized spacial score (nSPS) is 12.6. The van der Waals surface area contributed by atoms with Gasteiger partial charge in [-0.3, -0.25) is 0 Å². The predicted molar refractivity (Wildman–Crippen MR) is 72.7 cm³/mol. The maximum Gasteiger partial charge on any atom is 0.0449 e. The van der Waals surface area contributed by atoms with Crippen LogP contribution in [0.4, 0.5) is 0 Å². The zero-order valence-corrected chi connectivity index (χ0v) is 10.6. The second kappa shape index (κ2) is 5.69. The highest BCUT2D eigenvalue weighted by molar-refractivity contribution is 5.36. The van der Waals surface area contributed by atoms with E-state index in [9.17, 15) is 0 Å². The van der Waals surface area contributed by atoms with Gasteiger partial charge in [0.1, 0.15) is 0 Å². The van der Waals surface area contributed by atoms with Crippen molar-refractivity contribution >= 4 is 0 Å². The largest absolute Gasteiger partial charge is 0.324 e. The Hall–Kier alpha value is -1.54. The predicted octanol–water partition coefficient (Wildman–Crippen LogP) is 3.19. The molecule has 0 radical (unpaired) electrons. The van der Waals surface area contributed by atoms with E-state index in [1.165, 1.54) is 17.7 Å². The Morgan fingerprint density at radius 1 is 1.12 bits per heavy atom. The maximum absolute atomic E-state index is 3.25. The van der Waals surface area contributed by atoms with Crippen LogP contribution < -0.4 is 5.32 Å². The highest BCUT2D eigenvalue weighted by atomic mass is 14.9. The van der Waals surface area contributed by atoms with Gasteiger partial charge in [0.05, 0.1) is 0 Å². The Morgan fingerprint density at radius 2 is 1.76 bits per heavy atom. The van der Waals surface area contributed by atoms with E-state index in [-0.39, 0.29) is 0 Å². The summed E-state index contributed by atoms with van der Waals surface area (Å²) in [5, 5.41) is 3.25. The van der Waals surface area contributed by atoms with Crippen LogP contribution in [0.25, 0.3) is 5.69 Å². The number of hydrogen-bond donors (Lipinski definition) is 1. The minimum absolute atomic E-state index is 0.610. The summed E-state index contributed by atoms with van der Waals surface area (Å²) in [5.74, 6) is 0.610. The van der Waals surface area contributed by atoms with E-state index in [1.54, 1.807) is 0 Å². The molecule has 1 N–H and O–H groups in total. The summed E-state index contributed by atoms with van der Waals surface area (Å²) < 4.78 is 2.13. The number of benzene rings is 1. The number of hydrogen-bond acceptors (Lipinski definition) is 1. The molecule has 2 heteroatoms. The van der Waals surface area contributed by atoms with Crippen molar-refractivity contribution in [2.75, 3.05) is 13.6 Å². The lowest BCUT2D eigenvalue weighted by Gasteiger charge is -2.15. The summed E-state index contributed by atoms with van der Waals surface area (Å²) >= 11 is 0. The Labute approximate surface area is 103 Å². The van der Waals surface area contributed by atoms with Crippen molar-refractivity contribution in [2.45, 2.75) is 19.3 Å². The van der Waals surface area contributed by atoms with Crippen molar-refractivity contribution < 1.29 is 0 Å². The van der Waals surface area contributed by atoms with E-state index in [0.717, 1.165) is 6.54 Å². The van der Waals surface area contributed by atoms with E-state index < -0.39 is 0 Å². The van der Waals surface area contributed by atoms with Crippen molar-refractivity contribution in [3.63, 3.8) is 0 Å². The summed E-state index contributed by atoms with van der Waals surface area (Å²) in [6, 6.07) is 12.9. The maximum atomic E-state index is 3.25. The first-order chi connectivity index (χ1) is 8.35. The van der Waals surface area contributed by atoms with Gasteiger partial charge in [-0.2, -0.15) is 0 Å². The summed E-state index contributed by atoms with van der Waals surface area (Å²) in [7, 11) is 2.01. The van der Waals surface area contributed by atoms with Crippen molar-refractivity contribution in [3.8, 4) is 5.69 Å². The summed E-state index contributed by atoms with van der Waals surface area (Å²) in [6.45, 7) is 3.28. The van der Waals surface area contributed by atoms with Gasteiger partial charge in [0.2, 0.25) is 0 Å². The zero-order chi connectivity index (χ0) is 12.1. The summed E-state index contributed by atoms with van der Waals surface area (Å²) in [6.07, 6.45) is 5.31. The van der Waals surface area contributed by atoms with E-state index in [1.807, 2.05) is 19.2 Å². The third-order valence-corrected chi connectivity index (χ3v) is 3.21. The molecule has 0 amide bonds. The lowest BCUT2D eigenvalue weighted by atomic mass is 9.96. The van der Waals surface area contributed by atoms with Gasteiger partial charge < -0.3 is 9.88 Å². The third kappa shape index (κ3) is 2.77. The van der Waals surface area contributed by atoms with Gasteiger partial charge in [-0.1, -0.05) is 19.1 Å². The van der Waals surface area contributed by atoms with Gasteiger partial charge in [0.15, 0.2) is 0 Å². The smallest absolute Gasteiger partial charge is 0.0449 e. The quantitative estimate of drug-likeness (QED) is 0.831. The fraction of sp³-hybridized carbons (Fsp3) is 0.333. The Bertz CT molecular complexity index is 428. The molecule has 90 valence electrons. The lowest BCUT2D eigenvalue weighted by Crippen LogP contribution is -2.16. The molecule has 1 aromatic carbocycles. The number of nitrogens with zero attached hydrogens (tertiary/aromatic N) is 1. The minimum atomic E-state index is 0.610. The van der Waals surface area contributed by atoms with Crippen LogP contribution in [0, 0.1) is 0 Å². The van der Waals surface area contributed by atoms with Gasteiger partial charge in [0.25, 0.3) is 0 Å². The lowest BCUT2D eigenvalue weighted by molar-refractivity contribution is 0.611. The van der Waals surface area contributed by atoms with Crippen molar-refractivity contribution in [1.82, 2.24) is 9.88 Å². The van der Waals surface area contributed by atoms with Crippen molar-refractivity contribution in [2.24, 2.45) is 0 Å². The molecule has 2 aromatic rings. The topological polar surface area (TPSA) is 17.0 Å². The summed E-state index contributed by atoms with van der Waals surface area (Å²) in [4.78, 5) is 0. The average Bonchev–Trinajstić information content (AvgIpc) is 2.90. The van der Waals surface area contributed by atoms with Crippen molar-refractivity contribution in [3.05, 3.63) is 54.4 Å². The van der Waals surface area contributed by atoms with E-state index >= 15 is 0 Å². The molecule has 1 aromatic heterocycles. The molecule has 0 saturated carbocycles. The highest BCUT2D eigenvalue weighted by Gasteiger charge is 2.07. The van der Waals surface area contributed by atoms with E-state index in [4.69, 9.17) is 0 Å². The second-order valence-electron chi connectivity index (χ2n) is 4.34. The van der Waals surface area contributed by atoms with Gasteiger partial charge in [0, 0.05) is 24.6 Å². The van der Waals surface area contributed by atoms with Gasteiger partial charge in [-0.15, -0.1) is 0 Å². The number of rotatable bonds is 5. The Kier molecular flexibility index (Phi) is 3.99. The second-order valence-corrected chi connectivity index (χ2v) is 4.34. The third-order valence-electron chi connectivity index (χ3n) is 3.21. The van der Waals surface area contributed by atoms with Crippen LogP contribution in [0.15, 0.2) is 48.8 Å². The van der Waals surface area contributed by atoms with Crippen LogP contribution in [0.5, 0.6) is 0 Å². The number of aromatic nitrogens is 1. The Balaban J connectivity index is 2.17. The van der Waals surface area contributed by atoms with Crippen molar-refractivity contribution in [1.29, 1.82) is 0 Å². The Morgan fingerprint density at radius 3 is 2.29 bits per heavy atom. The van der Waals surface area contributed by atoms with Gasteiger partial charge in [-0.05, 0) is 49.2 Å². The first kappa shape index (κ1) is 11.9. The fourth-order valence-corrected chi connectivity index (χ4v) is 2.17.